The highest BCUT2D eigenvalue weighted by molar-refractivity contribution is 6.04. The number of anilines is 2. The van der Waals surface area contributed by atoms with E-state index in [-0.39, 0.29) is 11.3 Å². The molecule has 2 rings (SSSR count). The number of aryl methyl sites for hydroxylation is 1. The van der Waals surface area contributed by atoms with Gasteiger partial charge in [-0.05, 0) is 36.2 Å². The summed E-state index contributed by atoms with van der Waals surface area (Å²) in [5, 5.41) is 14.3. The number of urea groups is 1. The van der Waals surface area contributed by atoms with Gasteiger partial charge in [0.25, 0.3) is 0 Å². The van der Waals surface area contributed by atoms with Gasteiger partial charge >= 0.3 is 12.0 Å². The predicted octanol–water partition coefficient (Wildman–Crippen LogP) is 2.99. The Morgan fingerprint density at radius 3 is 2.62 bits per heavy atom. The van der Waals surface area contributed by atoms with Crippen molar-refractivity contribution >= 4 is 23.5 Å². The lowest BCUT2D eigenvalue weighted by Gasteiger charge is -2.10. The van der Waals surface area contributed by atoms with Crippen LogP contribution in [0.4, 0.5) is 16.3 Å². The molecule has 0 saturated carbocycles. The summed E-state index contributed by atoms with van der Waals surface area (Å²) in [5.41, 5.74) is 1.20. The first kappa shape index (κ1) is 14.5. The number of aromatic nitrogens is 1. The van der Waals surface area contributed by atoms with Gasteiger partial charge in [-0.1, -0.05) is 19.1 Å². The van der Waals surface area contributed by atoms with E-state index >= 15 is 0 Å². The van der Waals surface area contributed by atoms with Crippen LogP contribution in [0.1, 0.15) is 22.8 Å². The van der Waals surface area contributed by atoms with Crippen LogP contribution >= 0.6 is 0 Å². The Bertz CT molecular complexity index is 656. The number of rotatable bonds is 4. The fourth-order valence-corrected chi connectivity index (χ4v) is 1.80. The number of aromatic carboxylic acids is 1. The molecule has 0 aliphatic heterocycles. The second-order valence-corrected chi connectivity index (χ2v) is 4.33. The zero-order chi connectivity index (χ0) is 15.2. The van der Waals surface area contributed by atoms with Crippen LogP contribution in [0, 0.1) is 0 Å². The molecule has 2 aromatic rings. The van der Waals surface area contributed by atoms with Gasteiger partial charge in [-0.2, -0.15) is 0 Å². The monoisotopic (exact) mass is 285 g/mol. The van der Waals surface area contributed by atoms with Crippen LogP contribution in [0.2, 0.25) is 0 Å². The summed E-state index contributed by atoms with van der Waals surface area (Å²) in [6, 6.07) is 9.48. The molecule has 0 unspecified atom stereocenters. The molecule has 3 N–H and O–H groups in total. The number of hydrogen-bond donors (Lipinski definition) is 3. The lowest BCUT2D eigenvalue weighted by Crippen LogP contribution is -2.21. The summed E-state index contributed by atoms with van der Waals surface area (Å²) >= 11 is 0. The average Bonchev–Trinajstić information content (AvgIpc) is 2.48. The van der Waals surface area contributed by atoms with Gasteiger partial charge in [0, 0.05) is 6.20 Å². The van der Waals surface area contributed by atoms with Crippen LogP contribution in [0.5, 0.6) is 0 Å². The first-order valence-electron chi connectivity index (χ1n) is 6.45. The van der Waals surface area contributed by atoms with E-state index in [9.17, 15) is 14.7 Å². The molecule has 0 fully saturated rings. The molecule has 0 atom stereocenters. The van der Waals surface area contributed by atoms with E-state index < -0.39 is 12.0 Å². The second-order valence-electron chi connectivity index (χ2n) is 4.33. The van der Waals surface area contributed by atoms with Crippen molar-refractivity contribution in [2.75, 3.05) is 10.6 Å². The highest BCUT2D eigenvalue weighted by Gasteiger charge is 2.13. The van der Waals surface area contributed by atoms with Crippen molar-refractivity contribution in [1.29, 1.82) is 0 Å². The number of carboxylic acids is 1. The fraction of sp³-hybridized carbons (Fsp3) is 0.133. The molecule has 1 heterocycles. The average molecular weight is 285 g/mol. The van der Waals surface area contributed by atoms with Crippen LogP contribution in [-0.4, -0.2) is 22.1 Å². The normalized spacial score (nSPS) is 9.95. The molecule has 21 heavy (non-hydrogen) atoms. The van der Waals surface area contributed by atoms with Gasteiger partial charge in [0.2, 0.25) is 0 Å². The van der Waals surface area contributed by atoms with Crippen molar-refractivity contribution in [3.63, 3.8) is 0 Å². The molecule has 0 radical (unpaired) electrons. The SMILES string of the molecule is CCc1ccc(NC(=O)Nc2ccccn2)c(C(=O)O)c1. The Morgan fingerprint density at radius 2 is 2.00 bits per heavy atom. The largest absolute Gasteiger partial charge is 0.478 e. The fourth-order valence-electron chi connectivity index (χ4n) is 1.80. The highest BCUT2D eigenvalue weighted by atomic mass is 16.4. The van der Waals surface area contributed by atoms with E-state index in [2.05, 4.69) is 15.6 Å². The molecule has 2 amide bonds. The number of amides is 2. The van der Waals surface area contributed by atoms with E-state index in [1.165, 1.54) is 0 Å². The Labute approximate surface area is 121 Å². The summed E-state index contributed by atoms with van der Waals surface area (Å²) in [6.07, 6.45) is 2.27. The van der Waals surface area contributed by atoms with Crippen LogP contribution in [0.3, 0.4) is 0 Å². The summed E-state index contributed by atoms with van der Waals surface area (Å²) in [6.45, 7) is 1.93. The summed E-state index contributed by atoms with van der Waals surface area (Å²) in [4.78, 5) is 27.1. The van der Waals surface area contributed by atoms with Crippen LogP contribution in [-0.2, 0) is 6.42 Å². The maximum absolute atomic E-state index is 11.9. The third-order valence-electron chi connectivity index (χ3n) is 2.88. The summed E-state index contributed by atoms with van der Waals surface area (Å²) in [7, 11) is 0. The van der Waals surface area contributed by atoms with Gasteiger partial charge in [-0.3, -0.25) is 5.32 Å². The molecule has 0 bridgehead atoms. The maximum atomic E-state index is 11.9. The van der Waals surface area contributed by atoms with Gasteiger partial charge in [0.1, 0.15) is 5.82 Å². The van der Waals surface area contributed by atoms with Crippen LogP contribution < -0.4 is 10.6 Å². The van der Waals surface area contributed by atoms with Crippen molar-refractivity contribution in [2.45, 2.75) is 13.3 Å². The van der Waals surface area contributed by atoms with E-state index in [0.29, 0.717) is 5.82 Å². The topological polar surface area (TPSA) is 91.3 Å². The number of benzene rings is 1. The highest BCUT2D eigenvalue weighted by Crippen LogP contribution is 2.18. The van der Waals surface area contributed by atoms with Crippen molar-refractivity contribution in [1.82, 2.24) is 4.98 Å². The molecular formula is C15H15N3O3. The van der Waals surface area contributed by atoms with Crippen LogP contribution in [0.15, 0.2) is 42.6 Å². The third-order valence-corrected chi connectivity index (χ3v) is 2.88. The zero-order valence-corrected chi connectivity index (χ0v) is 11.5. The van der Waals surface area contributed by atoms with Gasteiger partial charge in [-0.15, -0.1) is 0 Å². The van der Waals surface area contributed by atoms with Crippen molar-refractivity contribution in [3.05, 3.63) is 53.7 Å². The first-order valence-corrected chi connectivity index (χ1v) is 6.45. The molecule has 1 aromatic heterocycles. The van der Waals surface area contributed by atoms with Gasteiger partial charge in [0.05, 0.1) is 11.3 Å². The van der Waals surface area contributed by atoms with Gasteiger partial charge < -0.3 is 10.4 Å². The standard InChI is InChI=1S/C15H15N3O3/c1-2-10-6-7-12(11(9-10)14(19)20)17-15(21)18-13-5-3-4-8-16-13/h3-9H,2H2,1H3,(H,19,20)(H2,16,17,18,21). The number of carboxylic acid groups (broad SMARTS) is 1. The lowest BCUT2D eigenvalue weighted by molar-refractivity contribution is 0.0698. The van der Waals surface area contributed by atoms with E-state index in [0.717, 1.165) is 12.0 Å². The summed E-state index contributed by atoms with van der Waals surface area (Å²) in [5.74, 6) is -0.699. The minimum atomic E-state index is -1.08. The minimum absolute atomic E-state index is 0.0607. The maximum Gasteiger partial charge on any atom is 0.337 e. The molecule has 0 aliphatic carbocycles. The number of nitrogens with one attached hydrogen (secondary N) is 2. The molecular weight excluding hydrogens is 270 g/mol. The molecule has 1 aromatic carbocycles. The summed E-state index contributed by atoms with van der Waals surface area (Å²) < 4.78 is 0. The molecule has 0 aliphatic rings. The number of nitrogens with zero attached hydrogens (tertiary/aromatic N) is 1. The number of carbonyl (C=O) groups is 2. The third kappa shape index (κ3) is 3.79. The Kier molecular flexibility index (Phi) is 4.50. The van der Waals surface area contributed by atoms with Crippen molar-refractivity contribution in [2.24, 2.45) is 0 Å². The number of carbonyl (C=O) groups excluding carboxylic acids is 1. The van der Waals surface area contributed by atoms with Crippen molar-refractivity contribution < 1.29 is 14.7 Å². The Morgan fingerprint density at radius 1 is 1.19 bits per heavy atom. The second kappa shape index (κ2) is 6.51. The molecule has 6 heteroatoms. The predicted molar refractivity (Wildman–Crippen MR) is 79.7 cm³/mol. The quantitative estimate of drug-likeness (QED) is 0.805. The smallest absolute Gasteiger partial charge is 0.337 e. The van der Waals surface area contributed by atoms with Crippen molar-refractivity contribution in [3.8, 4) is 0 Å². The zero-order valence-electron chi connectivity index (χ0n) is 11.5. The molecule has 0 spiro atoms. The number of hydrogen-bond acceptors (Lipinski definition) is 3. The van der Waals surface area contributed by atoms with Crippen LogP contribution in [0.25, 0.3) is 0 Å². The Balaban J connectivity index is 2.15. The molecule has 108 valence electrons. The molecule has 6 nitrogen and oxygen atoms in total. The van der Waals surface area contributed by atoms with Gasteiger partial charge in [-0.25, -0.2) is 14.6 Å². The molecule has 0 saturated heterocycles. The van der Waals surface area contributed by atoms with E-state index in [1.54, 1.807) is 42.6 Å². The van der Waals surface area contributed by atoms with Gasteiger partial charge in [0.15, 0.2) is 0 Å². The lowest BCUT2D eigenvalue weighted by atomic mass is 10.1. The number of pyridine rings is 1. The minimum Gasteiger partial charge on any atom is -0.478 e. The Hall–Kier alpha value is -2.89. The van der Waals surface area contributed by atoms with E-state index in [4.69, 9.17) is 0 Å². The van der Waals surface area contributed by atoms with E-state index in [1.807, 2.05) is 6.92 Å². The first-order chi connectivity index (χ1) is 10.1.